The summed E-state index contributed by atoms with van der Waals surface area (Å²) >= 11 is 0. The van der Waals surface area contributed by atoms with Crippen molar-refractivity contribution in [3.8, 4) is 28.2 Å². The summed E-state index contributed by atoms with van der Waals surface area (Å²) in [6, 6.07) is 37.0. The van der Waals surface area contributed by atoms with E-state index in [0.29, 0.717) is 21.7 Å². The largest absolute Gasteiger partial charge is 0.455 e. The van der Waals surface area contributed by atoms with E-state index >= 15 is 0 Å². The summed E-state index contributed by atoms with van der Waals surface area (Å²) in [7, 11) is 2.12. The molecule has 0 aliphatic heterocycles. The number of furan rings is 1. The van der Waals surface area contributed by atoms with Gasteiger partial charge in [0.25, 0.3) is 5.82 Å². The second-order valence-electron chi connectivity index (χ2n) is 14.7. The van der Waals surface area contributed by atoms with E-state index in [-0.39, 0.29) is 23.2 Å². The number of para-hydroxylation sites is 2. The molecule has 0 radical (unpaired) electrons. The molecule has 9 rings (SSSR count). The van der Waals surface area contributed by atoms with E-state index in [1.54, 1.807) is 6.07 Å². The van der Waals surface area contributed by atoms with E-state index in [0.717, 1.165) is 49.7 Å². The first-order chi connectivity index (χ1) is 27.5. The van der Waals surface area contributed by atoms with Crippen molar-refractivity contribution in [3.63, 3.8) is 0 Å². The summed E-state index contributed by atoms with van der Waals surface area (Å²) in [5.74, 6) is 1.41. The lowest BCUT2D eigenvalue weighted by atomic mass is 9.88. The molecule has 0 aliphatic carbocycles. The number of hydrogen-bond acceptors (Lipinski definition) is 2. The van der Waals surface area contributed by atoms with Crippen molar-refractivity contribution in [2.24, 2.45) is 7.05 Å². The van der Waals surface area contributed by atoms with Crippen molar-refractivity contribution in [1.82, 2.24) is 9.55 Å². The highest BCUT2D eigenvalue weighted by Gasteiger charge is 2.34. The second-order valence-corrected chi connectivity index (χ2v) is 14.7. The number of aryl methyl sites for hydroxylation is 4. The van der Waals surface area contributed by atoms with Crippen LogP contribution < -0.4 is 4.57 Å². The molecule has 0 fully saturated rings. The van der Waals surface area contributed by atoms with Gasteiger partial charge in [-0.1, -0.05) is 94.4 Å². The standard InChI is InChI=1S/C48H44N3O/c1-27(2)38-25-34(32-14-10-9-11-15-32)26-39(28(3)4)46(38)51-41-17-13-12-16-40(41)50(8)48(51)43-29(5)18-20-37-45-36-21-19-33-24-30(6)49-31(7)44(33)35(36)22-23-42(45)52-47(37)43/h9-28H,1-8H3/q+1/i6D3,7D3. The molecule has 0 saturated carbocycles. The predicted octanol–water partition coefficient (Wildman–Crippen LogP) is 12.6. The van der Waals surface area contributed by atoms with Crippen molar-refractivity contribution in [1.29, 1.82) is 0 Å². The molecule has 4 heteroatoms. The first-order valence-electron chi connectivity index (χ1n) is 21.0. The molecule has 0 saturated heterocycles. The highest BCUT2D eigenvalue weighted by molar-refractivity contribution is 6.25. The van der Waals surface area contributed by atoms with Gasteiger partial charge in [0.2, 0.25) is 0 Å². The zero-order valence-electron chi connectivity index (χ0n) is 36.3. The van der Waals surface area contributed by atoms with Crippen LogP contribution >= 0.6 is 0 Å². The summed E-state index contributed by atoms with van der Waals surface area (Å²) in [5, 5.41) is 4.16. The molecule has 9 aromatic rings. The molecule has 0 aliphatic rings. The lowest BCUT2D eigenvalue weighted by Crippen LogP contribution is -2.30. The van der Waals surface area contributed by atoms with E-state index < -0.39 is 13.7 Å². The van der Waals surface area contributed by atoms with Crippen LogP contribution in [0.3, 0.4) is 0 Å². The van der Waals surface area contributed by atoms with Gasteiger partial charge >= 0.3 is 0 Å². The van der Waals surface area contributed by atoms with Crippen molar-refractivity contribution in [2.75, 3.05) is 0 Å². The molecule has 52 heavy (non-hydrogen) atoms. The molecule has 0 bridgehead atoms. The lowest BCUT2D eigenvalue weighted by molar-refractivity contribution is -0.633. The van der Waals surface area contributed by atoms with Crippen LogP contribution in [0.15, 0.2) is 114 Å². The highest BCUT2D eigenvalue weighted by Crippen LogP contribution is 2.45. The molecular weight excluding hydrogens is 635 g/mol. The maximum absolute atomic E-state index is 8.40. The summed E-state index contributed by atoms with van der Waals surface area (Å²) < 4.78 is 60.9. The van der Waals surface area contributed by atoms with Gasteiger partial charge in [-0.2, -0.15) is 4.57 Å². The summed E-state index contributed by atoms with van der Waals surface area (Å²) in [5.41, 5.74) is 11.2. The zero-order chi connectivity index (χ0) is 41.0. The number of hydrogen-bond donors (Lipinski definition) is 0. The quantitative estimate of drug-likeness (QED) is 0.134. The molecule has 3 heterocycles. The van der Waals surface area contributed by atoms with Gasteiger partial charge in [0.1, 0.15) is 16.8 Å². The van der Waals surface area contributed by atoms with Crippen LogP contribution in [0.4, 0.5) is 0 Å². The maximum Gasteiger partial charge on any atom is 0.299 e. The maximum atomic E-state index is 8.40. The molecule has 0 atom stereocenters. The van der Waals surface area contributed by atoms with Gasteiger partial charge in [-0.05, 0) is 108 Å². The third-order valence-electron chi connectivity index (χ3n) is 10.8. The first kappa shape index (κ1) is 26.1. The number of pyridine rings is 1. The monoisotopic (exact) mass is 684 g/mol. The Kier molecular flexibility index (Phi) is 5.98. The van der Waals surface area contributed by atoms with Gasteiger partial charge in [0.15, 0.2) is 16.6 Å². The second kappa shape index (κ2) is 11.9. The minimum Gasteiger partial charge on any atom is -0.455 e. The summed E-state index contributed by atoms with van der Waals surface area (Å²) in [4.78, 5) is 4.27. The Balaban J connectivity index is 1.39. The zero-order valence-corrected chi connectivity index (χ0v) is 30.3. The normalized spacial score (nSPS) is 14.4. The Morgan fingerprint density at radius 1 is 0.712 bits per heavy atom. The Labute approximate surface area is 313 Å². The first-order valence-corrected chi connectivity index (χ1v) is 18.0. The van der Waals surface area contributed by atoms with E-state index in [2.05, 4.69) is 135 Å². The van der Waals surface area contributed by atoms with Gasteiger partial charge < -0.3 is 4.42 Å². The van der Waals surface area contributed by atoms with Crippen LogP contribution in [0, 0.1) is 20.6 Å². The summed E-state index contributed by atoms with van der Waals surface area (Å²) in [6.07, 6.45) is 0. The molecule has 0 N–H and O–H groups in total. The van der Waals surface area contributed by atoms with Gasteiger partial charge in [0.05, 0.1) is 7.05 Å². The Bertz CT molecular complexity index is 3090. The van der Waals surface area contributed by atoms with Gasteiger partial charge in [0, 0.05) is 46.9 Å². The van der Waals surface area contributed by atoms with Crippen LogP contribution in [0.25, 0.3) is 82.7 Å². The molecule has 256 valence electrons. The van der Waals surface area contributed by atoms with Crippen LogP contribution in [-0.2, 0) is 7.05 Å². The van der Waals surface area contributed by atoms with Crippen molar-refractivity contribution in [2.45, 2.75) is 60.2 Å². The van der Waals surface area contributed by atoms with Crippen molar-refractivity contribution >= 4 is 54.5 Å². The lowest BCUT2D eigenvalue weighted by Gasteiger charge is -2.21. The number of nitrogens with zero attached hydrogens (tertiary/aromatic N) is 3. The minimum atomic E-state index is -2.64. The van der Waals surface area contributed by atoms with E-state index in [4.69, 9.17) is 12.6 Å². The Hall–Kier alpha value is -5.74. The third-order valence-corrected chi connectivity index (χ3v) is 10.8. The van der Waals surface area contributed by atoms with Crippen LogP contribution in [0.5, 0.6) is 0 Å². The number of aromatic nitrogens is 3. The van der Waals surface area contributed by atoms with E-state index in [1.807, 2.05) is 18.2 Å². The minimum absolute atomic E-state index is 0.213. The fourth-order valence-corrected chi connectivity index (χ4v) is 8.31. The van der Waals surface area contributed by atoms with E-state index in [1.165, 1.54) is 34.0 Å². The summed E-state index contributed by atoms with van der Waals surface area (Å²) in [6.45, 7) is 5.98. The topological polar surface area (TPSA) is 34.8 Å². The fourth-order valence-electron chi connectivity index (χ4n) is 8.31. The van der Waals surface area contributed by atoms with Gasteiger partial charge in [-0.15, -0.1) is 0 Å². The number of imidazole rings is 1. The number of fused-ring (bicyclic) bond motifs is 8. The van der Waals surface area contributed by atoms with Crippen LogP contribution in [0.1, 0.15) is 75.8 Å². The average Bonchev–Trinajstić information content (AvgIpc) is 3.71. The molecule has 6 aromatic carbocycles. The van der Waals surface area contributed by atoms with E-state index in [9.17, 15) is 0 Å². The molecule has 0 unspecified atom stereocenters. The molecule has 0 spiro atoms. The Morgan fingerprint density at radius 3 is 2.13 bits per heavy atom. The fraction of sp³-hybridized carbons (Fsp3) is 0.208. The third kappa shape index (κ3) is 4.74. The van der Waals surface area contributed by atoms with Crippen LogP contribution in [-0.4, -0.2) is 9.55 Å². The number of rotatable bonds is 5. The van der Waals surface area contributed by atoms with Crippen molar-refractivity contribution < 1.29 is 17.2 Å². The Morgan fingerprint density at radius 2 is 1.40 bits per heavy atom. The highest BCUT2D eigenvalue weighted by atomic mass is 16.3. The van der Waals surface area contributed by atoms with Crippen molar-refractivity contribution in [3.05, 3.63) is 137 Å². The predicted molar refractivity (Wildman–Crippen MR) is 218 cm³/mol. The molecule has 3 aromatic heterocycles. The molecule has 0 amide bonds. The average molecular weight is 685 g/mol. The SMILES string of the molecule is [2H]C([2H])([2H])c1cc2ccc3c(ccc4oc5c(-c6n(-c7c(C(C)C)cc(-c8ccccc8)cc7C(C)C)c7ccccc7[n+]6C)c(C)ccc5c43)c2c(C([2H])([2H])[2H])n1. The smallest absolute Gasteiger partial charge is 0.299 e. The molecular formula is C48H44N3O+. The molecule has 4 nitrogen and oxygen atoms in total. The van der Waals surface area contributed by atoms with Gasteiger partial charge in [-0.3, -0.25) is 4.98 Å². The number of benzene rings is 6. The van der Waals surface area contributed by atoms with Gasteiger partial charge in [-0.25, -0.2) is 4.57 Å². The van der Waals surface area contributed by atoms with Crippen LogP contribution in [0.2, 0.25) is 0 Å².